The third-order valence-electron chi connectivity index (χ3n) is 3.28. The van der Waals surface area contributed by atoms with Crippen molar-refractivity contribution in [2.75, 3.05) is 13.6 Å². The molecule has 1 aromatic carbocycles. The Labute approximate surface area is 136 Å². The summed E-state index contributed by atoms with van der Waals surface area (Å²) in [4.78, 5) is 3.99. The summed E-state index contributed by atoms with van der Waals surface area (Å²) < 4.78 is 28.5. The highest BCUT2D eigenvalue weighted by Crippen LogP contribution is 2.29. The van der Waals surface area contributed by atoms with Crippen LogP contribution in [0.4, 0.5) is 0 Å². The number of nitrogens with one attached hydrogen (secondary N) is 1. The summed E-state index contributed by atoms with van der Waals surface area (Å²) in [7, 11) is -2.03. The van der Waals surface area contributed by atoms with Crippen molar-refractivity contribution in [3.05, 3.63) is 64.9 Å². The minimum atomic E-state index is -3.59. The number of halogens is 1. The van der Waals surface area contributed by atoms with E-state index in [1.807, 2.05) is 12.1 Å². The minimum absolute atomic E-state index is 0.330. The van der Waals surface area contributed by atoms with E-state index in [4.69, 9.17) is 11.6 Å². The zero-order valence-electron chi connectivity index (χ0n) is 12.4. The van der Waals surface area contributed by atoms with Crippen molar-refractivity contribution in [2.24, 2.45) is 0 Å². The Morgan fingerprint density at radius 1 is 1.14 bits per heavy atom. The molecule has 22 heavy (non-hydrogen) atoms. The molecular weight excluding hydrogens is 322 g/mol. The third-order valence-corrected chi connectivity index (χ3v) is 5.15. The average Bonchev–Trinajstić information content (AvgIpc) is 2.50. The number of hydrogen-bond donors (Lipinski definition) is 1. The molecule has 0 aliphatic rings. The predicted octanol–water partition coefficient (Wildman–Crippen LogP) is 2.61. The van der Waals surface area contributed by atoms with E-state index >= 15 is 0 Å². The van der Waals surface area contributed by atoms with Gasteiger partial charge in [-0.05, 0) is 35.4 Å². The quantitative estimate of drug-likeness (QED) is 0.880. The van der Waals surface area contributed by atoms with Gasteiger partial charge in [0, 0.05) is 31.0 Å². The number of pyridine rings is 1. The molecule has 1 aromatic heterocycles. The summed E-state index contributed by atoms with van der Waals surface area (Å²) in [6.45, 7) is 2.07. The lowest BCUT2D eigenvalue weighted by Gasteiger charge is -2.28. The van der Waals surface area contributed by atoms with Crippen molar-refractivity contribution < 1.29 is 8.42 Å². The van der Waals surface area contributed by atoms with Gasteiger partial charge in [-0.2, -0.15) is 12.7 Å². The highest BCUT2D eigenvalue weighted by atomic mass is 35.5. The van der Waals surface area contributed by atoms with Gasteiger partial charge in [0.05, 0.1) is 6.04 Å². The fourth-order valence-electron chi connectivity index (χ4n) is 2.23. The first-order valence-electron chi connectivity index (χ1n) is 6.83. The van der Waals surface area contributed by atoms with Crippen molar-refractivity contribution in [1.29, 1.82) is 0 Å². The van der Waals surface area contributed by atoms with Gasteiger partial charge in [-0.1, -0.05) is 30.7 Å². The van der Waals surface area contributed by atoms with Gasteiger partial charge in [0.15, 0.2) is 0 Å². The van der Waals surface area contributed by atoms with Gasteiger partial charge in [0.2, 0.25) is 0 Å². The second-order valence-electron chi connectivity index (χ2n) is 4.75. The number of nitrogens with zero attached hydrogens (tertiary/aromatic N) is 2. The Kier molecular flexibility index (Phi) is 5.52. The molecule has 0 unspecified atom stereocenters. The molecule has 5 nitrogen and oxygen atoms in total. The van der Waals surface area contributed by atoms with Crippen molar-refractivity contribution in [3.8, 4) is 0 Å². The maximum Gasteiger partial charge on any atom is 0.280 e. The van der Waals surface area contributed by atoms with Crippen LogP contribution in [0.15, 0.2) is 48.8 Å². The van der Waals surface area contributed by atoms with Gasteiger partial charge in [0.1, 0.15) is 0 Å². The topological polar surface area (TPSA) is 62.3 Å². The average molecular weight is 340 g/mol. The molecule has 0 aliphatic carbocycles. The summed E-state index contributed by atoms with van der Waals surface area (Å²) in [5.74, 6) is 0. The molecule has 0 saturated heterocycles. The Balaban J connectivity index is 2.49. The van der Waals surface area contributed by atoms with Gasteiger partial charge in [0.25, 0.3) is 10.2 Å². The number of hydrogen-bond acceptors (Lipinski definition) is 3. The van der Waals surface area contributed by atoms with Gasteiger partial charge in [-0.15, -0.1) is 0 Å². The number of benzene rings is 1. The summed E-state index contributed by atoms with van der Waals surface area (Å²) in [6, 6.07) is 10.3. The lowest BCUT2D eigenvalue weighted by Crippen LogP contribution is -2.40. The van der Waals surface area contributed by atoms with Crippen LogP contribution < -0.4 is 4.72 Å². The molecule has 0 fully saturated rings. The molecule has 0 saturated carbocycles. The van der Waals surface area contributed by atoms with Crippen LogP contribution in [0.2, 0.25) is 5.02 Å². The van der Waals surface area contributed by atoms with Crippen molar-refractivity contribution in [3.63, 3.8) is 0 Å². The zero-order valence-corrected chi connectivity index (χ0v) is 14.0. The predicted molar refractivity (Wildman–Crippen MR) is 87.9 cm³/mol. The molecule has 1 heterocycles. The first-order chi connectivity index (χ1) is 10.5. The third kappa shape index (κ3) is 3.84. The van der Waals surface area contributed by atoms with E-state index in [1.54, 1.807) is 50.6 Å². The summed E-state index contributed by atoms with van der Waals surface area (Å²) in [5, 5.41) is 0.606. The molecule has 1 N–H and O–H groups in total. The molecule has 7 heteroatoms. The maximum atomic E-state index is 12.4. The first kappa shape index (κ1) is 16.9. The zero-order chi connectivity index (χ0) is 16.2. The van der Waals surface area contributed by atoms with E-state index in [0.29, 0.717) is 11.6 Å². The molecule has 1 atom stereocenters. The van der Waals surface area contributed by atoms with Gasteiger partial charge >= 0.3 is 0 Å². The second-order valence-corrected chi connectivity index (χ2v) is 7.00. The molecule has 2 rings (SSSR count). The van der Waals surface area contributed by atoms with Gasteiger partial charge in [-0.3, -0.25) is 4.98 Å². The Morgan fingerprint density at radius 2 is 1.68 bits per heavy atom. The molecule has 2 aromatic rings. The highest BCUT2D eigenvalue weighted by molar-refractivity contribution is 7.87. The van der Waals surface area contributed by atoms with Crippen molar-refractivity contribution in [1.82, 2.24) is 14.0 Å². The largest absolute Gasteiger partial charge is 0.280 e. The first-order valence-corrected chi connectivity index (χ1v) is 8.65. The summed E-state index contributed by atoms with van der Waals surface area (Å²) in [6.07, 6.45) is 3.29. The van der Waals surface area contributed by atoms with Gasteiger partial charge < -0.3 is 0 Å². The fourth-order valence-corrected chi connectivity index (χ4v) is 3.44. The van der Waals surface area contributed by atoms with Crippen LogP contribution in [0.25, 0.3) is 0 Å². The molecule has 0 spiro atoms. The Hall–Kier alpha value is -1.47. The van der Waals surface area contributed by atoms with Crippen LogP contribution >= 0.6 is 11.6 Å². The standard InChI is InChI=1S/C15H18ClN3O2S/c1-3-18-22(20,21)19(2)15(13-8-10-17-11-9-13)12-4-6-14(16)7-5-12/h4-11,15,18H,3H2,1-2H3/t15-/m0/s1. The normalized spacial score (nSPS) is 13.3. The van der Waals surface area contributed by atoms with Crippen LogP contribution in [0.1, 0.15) is 24.1 Å². The van der Waals surface area contributed by atoms with Crippen LogP contribution in [-0.4, -0.2) is 31.3 Å². The highest BCUT2D eigenvalue weighted by Gasteiger charge is 2.28. The monoisotopic (exact) mass is 339 g/mol. The van der Waals surface area contributed by atoms with Crippen molar-refractivity contribution in [2.45, 2.75) is 13.0 Å². The molecule has 0 bridgehead atoms. The van der Waals surface area contributed by atoms with E-state index < -0.39 is 16.3 Å². The summed E-state index contributed by atoms with van der Waals surface area (Å²) in [5.41, 5.74) is 1.67. The van der Waals surface area contributed by atoms with E-state index in [-0.39, 0.29) is 0 Å². The SMILES string of the molecule is CCNS(=O)(=O)N(C)[C@H](c1ccncc1)c1ccc(Cl)cc1. The van der Waals surface area contributed by atoms with Crippen LogP contribution in [-0.2, 0) is 10.2 Å². The van der Waals surface area contributed by atoms with E-state index in [9.17, 15) is 8.42 Å². The Bertz CT molecular complexity index is 705. The van der Waals surface area contributed by atoms with E-state index in [0.717, 1.165) is 11.1 Å². The second kappa shape index (κ2) is 7.19. The minimum Gasteiger partial charge on any atom is -0.265 e. The van der Waals surface area contributed by atoms with E-state index in [2.05, 4.69) is 9.71 Å². The Morgan fingerprint density at radius 3 is 2.23 bits per heavy atom. The van der Waals surface area contributed by atoms with E-state index in [1.165, 1.54) is 4.31 Å². The molecular formula is C15H18ClN3O2S. The molecule has 0 amide bonds. The van der Waals surface area contributed by atoms with Gasteiger partial charge in [-0.25, -0.2) is 4.72 Å². The van der Waals surface area contributed by atoms with Crippen LogP contribution in [0.5, 0.6) is 0 Å². The molecule has 0 aliphatic heterocycles. The maximum absolute atomic E-state index is 12.4. The summed E-state index contributed by atoms with van der Waals surface area (Å²) >= 11 is 5.93. The van der Waals surface area contributed by atoms with Crippen molar-refractivity contribution >= 4 is 21.8 Å². The number of rotatable bonds is 6. The lowest BCUT2D eigenvalue weighted by molar-refractivity contribution is 0.410. The fraction of sp³-hybridized carbons (Fsp3) is 0.267. The number of aromatic nitrogens is 1. The lowest BCUT2D eigenvalue weighted by atomic mass is 10.00. The smallest absolute Gasteiger partial charge is 0.265 e. The molecule has 0 radical (unpaired) electrons. The van der Waals surface area contributed by atoms with Crippen LogP contribution in [0.3, 0.4) is 0 Å². The van der Waals surface area contributed by atoms with Crippen LogP contribution in [0, 0.1) is 0 Å². The molecule has 118 valence electrons.